The Balaban J connectivity index is 1.70. The van der Waals surface area contributed by atoms with E-state index in [1.807, 2.05) is 17.1 Å². The minimum atomic E-state index is -0.834. The van der Waals surface area contributed by atoms with Gasteiger partial charge in [0.05, 0.1) is 43.2 Å². The minimum absolute atomic E-state index is 0.0291. The molecule has 31 heavy (non-hydrogen) atoms. The van der Waals surface area contributed by atoms with Crippen molar-refractivity contribution >= 4 is 22.7 Å². The molecule has 0 bridgehead atoms. The second-order valence-electron chi connectivity index (χ2n) is 9.16. The Morgan fingerprint density at radius 2 is 2.13 bits per heavy atom. The lowest BCUT2D eigenvalue weighted by Crippen LogP contribution is -2.34. The van der Waals surface area contributed by atoms with E-state index in [4.69, 9.17) is 14.8 Å². The van der Waals surface area contributed by atoms with Gasteiger partial charge in [-0.2, -0.15) is 0 Å². The van der Waals surface area contributed by atoms with Gasteiger partial charge in [0.2, 0.25) is 0 Å². The largest absolute Gasteiger partial charge is 0.481 e. The summed E-state index contributed by atoms with van der Waals surface area (Å²) in [5.41, 5.74) is 3.30. The zero-order chi connectivity index (χ0) is 22.0. The topological polar surface area (TPSA) is 80.5 Å². The molecule has 1 fully saturated rings. The summed E-state index contributed by atoms with van der Waals surface area (Å²) in [7, 11) is 0. The molecule has 1 aliphatic rings. The van der Waals surface area contributed by atoms with Crippen molar-refractivity contribution in [1.29, 1.82) is 0 Å². The van der Waals surface area contributed by atoms with Crippen molar-refractivity contribution in [3.8, 4) is 5.69 Å². The highest BCUT2D eigenvalue weighted by Crippen LogP contribution is 2.33. The predicted octanol–water partition coefficient (Wildman–Crippen LogP) is 4.18. The first-order chi connectivity index (χ1) is 14.8. The van der Waals surface area contributed by atoms with Crippen molar-refractivity contribution in [2.24, 2.45) is 0 Å². The van der Waals surface area contributed by atoms with Crippen LogP contribution < -0.4 is 4.90 Å². The van der Waals surface area contributed by atoms with Crippen molar-refractivity contribution in [3.63, 3.8) is 0 Å². The number of aliphatic carboxylic acids is 1. The van der Waals surface area contributed by atoms with Gasteiger partial charge in [0.1, 0.15) is 5.82 Å². The molecule has 2 aromatic heterocycles. The van der Waals surface area contributed by atoms with Crippen LogP contribution in [0.3, 0.4) is 0 Å². The molecule has 7 heteroatoms. The number of hydrogen-bond acceptors (Lipinski definition) is 5. The summed E-state index contributed by atoms with van der Waals surface area (Å²) < 4.78 is 7.69. The molecule has 3 heterocycles. The van der Waals surface area contributed by atoms with Gasteiger partial charge in [-0.05, 0) is 29.9 Å². The van der Waals surface area contributed by atoms with Crippen molar-refractivity contribution in [2.75, 3.05) is 24.7 Å². The van der Waals surface area contributed by atoms with Crippen molar-refractivity contribution in [3.05, 3.63) is 48.5 Å². The highest BCUT2D eigenvalue weighted by atomic mass is 16.5. The van der Waals surface area contributed by atoms with E-state index in [9.17, 15) is 4.79 Å². The number of rotatable bonds is 7. The Labute approximate surface area is 182 Å². The van der Waals surface area contributed by atoms with Gasteiger partial charge in [0.15, 0.2) is 0 Å². The number of anilines is 1. The molecule has 1 aromatic carbocycles. The molecule has 3 aromatic rings. The molecule has 0 saturated carbocycles. The molecular formula is C24H30N4O3. The summed E-state index contributed by atoms with van der Waals surface area (Å²) in [6, 6.07) is 8.84. The van der Waals surface area contributed by atoms with Gasteiger partial charge in [-0.15, -0.1) is 0 Å². The normalized spacial score (nSPS) is 16.9. The second kappa shape index (κ2) is 8.67. The monoisotopic (exact) mass is 422 g/mol. The molecule has 0 amide bonds. The summed E-state index contributed by atoms with van der Waals surface area (Å²) in [6.07, 6.45) is 7.65. The SMILES string of the molecule is CC(C)(C)c1ccc2c(-n3ccnc3)cc(N3CCC[C@H]3COCCC(=O)O)nc2c1. The Hall–Kier alpha value is -2.93. The number of nitrogens with zero attached hydrogens (tertiary/aromatic N) is 4. The van der Waals surface area contributed by atoms with E-state index >= 15 is 0 Å². The first kappa shape index (κ1) is 21.3. The predicted molar refractivity (Wildman–Crippen MR) is 121 cm³/mol. The van der Waals surface area contributed by atoms with Crippen LogP contribution in [0.25, 0.3) is 16.6 Å². The molecule has 7 nitrogen and oxygen atoms in total. The Morgan fingerprint density at radius 1 is 1.29 bits per heavy atom. The van der Waals surface area contributed by atoms with Crippen LogP contribution in [0.4, 0.5) is 5.82 Å². The first-order valence-corrected chi connectivity index (χ1v) is 10.8. The van der Waals surface area contributed by atoms with Crippen molar-refractivity contribution in [2.45, 2.75) is 51.5 Å². The Morgan fingerprint density at radius 3 is 2.84 bits per heavy atom. The molecule has 1 saturated heterocycles. The van der Waals surface area contributed by atoms with E-state index in [1.165, 1.54) is 5.56 Å². The van der Waals surface area contributed by atoms with Gasteiger partial charge < -0.3 is 19.3 Å². The highest BCUT2D eigenvalue weighted by Gasteiger charge is 2.27. The van der Waals surface area contributed by atoms with E-state index in [2.05, 4.69) is 54.9 Å². The number of pyridine rings is 1. The lowest BCUT2D eigenvalue weighted by atomic mass is 9.86. The van der Waals surface area contributed by atoms with Gasteiger partial charge in [-0.25, -0.2) is 9.97 Å². The Kier molecular flexibility index (Phi) is 5.96. The minimum Gasteiger partial charge on any atom is -0.481 e. The van der Waals surface area contributed by atoms with Crippen LogP contribution >= 0.6 is 0 Å². The number of carboxylic acid groups (broad SMARTS) is 1. The lowest BCUT2D eigenvalue weighted by molar-refractivity contribution is -0.138. The van der Waals surface area contributed by atoms with Gasteiger partial charge in [-0.1, -0.05) is 32.9 Å². The average molecular weight is 423 g/mol. The number of hydrogen-bond donors (Lipinski definition) is 1. The van der Waals surface area contributed by atoms with Crippen LogP contribution in [0, 0.1) is 0 Å². The van der Waals surface area contributed by atoms with Crippen LogP contribution in [-0.2, 0) is 14.9 Å². The highest BCUT2D eigenvalue weighted by molar-refractivity contribution is 5.90. The summed E-state index contributed by atoms with van der Waals surface area (Å²) in [5.74, 6) is 0.0886. The Bertz CT molecular complexity index is 1060. The fourth-order valence-electron chi connectivity index (χ4n) is 4.11. The maximum atomic E-state index is 10.7. The molecule has 1 atom stereocenters. The van der Waals surface area contributed by atoms with E-state index in [1.54, 1.807) is 6.20 Å². The molecule has 0 unspecified atom stereocenters. The molecule has 0 radical (unpaired) electrons. The third kappa shape index (κ3) is 4.71. The standard InChI is InChI=1S/C24H30N4O3/c1-24(2,3)17-6-7-19-20(13-17)26-22(14-21(19)27-11-9-25-16-27)28-10-4-5-18(28)15-31-12-8-23(29)30/h6-7,9,11,13-14,16,18H,4-5,8,10,12,15H2,1-3H3,(H,29,30)/t18-/m0/s1. The van der Waals surface area contributed by atoms with Crippen LogP contribution in [0.15, 0.2) is 43.0 Å². The van der Waals surface area contributed by atoms with Crippen molar-refractivity contribution < 1.29 is 14.6 Å². The maximum absolute atomic E-state index is 10.7. The number of ether oxygens (including phenoxy) is 1. The van der Waals surface area contributed by atoms with Crippen LogP contribution in [-0.4, -0.2) is 51.4 Å². The molecule has 0 spiro atoms. The number of aromatic nitrogens is 3. The summed E-state index contributed by atoms with van der Waals surface area (Å²) in [5, 5.41) is 9.92. The molecule has 1 N–H and O–H groups in total. The first-order valence-electron chi connectivity index (χ1n) is 10.8. The molecule has 0 aliphatic carbocycles. The summed E-state index contributed by atoms with van der Waals surface area (Å²) >= 11 is 0. The van der Waals surface area contributed by atoms with Gasteiger partial charge in [0, 0.05) is 30.4 Å². The quantitative estimate of drug-likeness (QED) is 0.576. The summed E-state index contributed by atoms with van der Waals surface area (Å²) in [4.78, 5) is 22.3. The van der Waals surface area contributed by atoms with E-state index < -0.39 is 5.97 Å². The summed E-state index contributed by atoms with van der Waals surface area (Å²) in [6.45, 7) is 8.28. The van der Waals surface area contributed by atoms with Crippen LogP contribution in [0.5, 0.6) is 0 Å². The van der Waals surface area contributed by atoms with Gasteiger partial charge in [-0.3, -0.25) is 4.79 Å². The van der Waals surface area contributed by atoms with E-state index in [0.29, 0.717) is 6.61 Å². The molecule has 4 rings (SSSR count). The second-order valence-corrected chi connectivity index (χ2v) is 9.16. The van der Waals surface area contributed by atoms with Crippen molar-refractivity contribution in [1.82, 2.24) is 14.5 Å². The number of carboxylic acids is 1. The van der Waals surface area contributed by atoms with E-state index in [-0.39, 0.29) is 24.5 Å². The fourth-order valence-corrected chi connectivity index (χ4v) is 4.11. The van der Waals surface area contributed by atoms with Crippen LogP contribution in [0.1, 0.15) is 45.6 Å². The third-order valence-electron chi connectivity index (χ3n) is 5.87. The lowest BCUT2D eigenvalue weighted by Gasteiger charge is -2.27. The molecule has 1 aliphatic heterocycles. The smallest absolute Gasteiger partial charge is 0.305 e. The number of imidazole rings is 1. The number of fused-ring (bicyclic) bond motifs is 1. The zero-order valence-corrected chi connectivity index (χ0v) is 18.4. The van der Waals surface area contributed by atoms with E-state index in [0.717, 1.165) is 41.8 Å². The zero-order valence-electron chi connectivity index (χ0n) is 18.4. The molecule has 164 valence electrons. The number of benzene rings is 1. The van der Waals surface area contributed by atoms with Crippen LogP contribution in [0.2, 0.25) is 0 Å². The average Bonchev–Trinajstić information content (AvgIpc) is 3.41. The third-order valence-corrected chi connectivity index (χ3v) is 5.87. The fraction of sp³-hybridized carbons (Fsp3) is 0.458. The maximum Gasteiger partial charge on any atom is 0.305 e. The van der Waals surface area contributed by atoms with Gasteiger partial charge >= 0.3 is 5.97 Å². The van der Waals surface area contributed by atoms with Gasteiger partial charge in [0.25, 0.3) is 0 Å². The molecular weight excluding hydrogens is 392 g/mol. The number of carbonyl (C=O) groups is 1.